The van der Waals surface area contributed by atoms with Gasteiger partial charge in [0.2, 0.25) is 11.8 Å². The molecule has 1 unspecified atom stereocenters. The molecule has 4 aromatic rings. The molecule has 144 valence electrons. The highest BCUT2D eigenvalue weighted by atomic mass is 16.5. The molecule has 6 nitrogen and oxygen atoms in total. The van der Waals surface area contributed by atoms with Gasteiger partial charge in [-0.05, 0) is 35.9 Å². The number of fused-ring (bicyclic) bond motifs is 1. The fourth-order valence-electron chi connectivity index (χ4n) is 3.87. The Morgan fingerprint density at radius 2 is 1.86 bits per heavy atom. The van der Waals surface area contributed by atoms with E-state index in [2.05, 4.69) is 15.3 Å². The summed E-state index contributed by atoms with van der Waals surface area (Å²) in [7, 11) is 0. The molecule has 3 N–H and O–H groups in total. The molecule has 0 spiro atoms. The van der Waals surface area contributed by atoms with E-state index in [4.69, 9.17) is 4.74 Å². The van der Waals surface area contributed by atoms with Crippen molar-refractivity contribution in [2.45, 2.75) is 18.9 Å². The summed E-state index contributed by atoms with van der Waals surface area (Å²) in [6, 6.07) is 19.6. The van der Waals surface area contributed by atoms with Crippen LogP contribution in [0.25, 0.3) is 22.3 Å². The Kier molecular flexibility index (Phi) is 4.17. The summed E-state index contributed by atoms with van der Waals surface area (Å²) in [4.78, 5) is 30.9. The van der Waals surface area contributed by atoms with Crippen molar-refractivity contribution in [3.8, 4) is 17.1 Å². The number of carbonyl (C=O) groups excluding carboxylic acids is 2. The predicted octanol–water partition coefficient (Wildman–Crippen LogP) is 3.87. The van der Waals surface area contributed by atoms with Gasteiger partial charge in [0.25, 0.3) is 0 Å². The number of aromatic nitrogens is 2. The SMILES string of the molecule is O=C1CC(c2c(-c3ccc[nH]3)[nH]c3ccc(OCc4ccccc4)cc23)C(=O)N1. The second-order valence-electron chi connectivity index (χ2n) is 7.15. The minimum atomic E-state index is -0.529. The number of amides is 2. The summed E-state index contributed by atoms with van der Waals surface area (Å²) in [6.07, 6.45) is 1.98. The zero-order chi connectivity index (χ0) is 19.8. The second-order valence-corrected chi connectivity index (χ2v) is 7.15. The third kappa shape index (κ3) is 3.18. The lowest BCUT2D eigenvalue weighted by Gasteiger charge is -2.10. The monoisotopic (exact) mass is 385 g/mol. The molecule has 3 heterocycles. The molecule has 1 atom stereocenters. The van der Waals surface area contributed by atoms with Crippen molar-refractivity contribution in [2.75, 3.05) is 0 Å². The number of rotatable bonds is 5. The van der Waals surface area contributed by atoms with E-state index in [0.717, 1.165) is 33.4 Å². The standard InChI is InChI=1S/C23H19N3O3/c27-20-12-17(23(28)26-20)21-16-11-15(29-13-14-5-2-1-3-6-14)8-9-18(16)25-22(21)19-7-4-10-24-19/h1-11,17,24-25H,12-13H2,(H,26,27,28). The molecule has 5 rings (SSSR count). The average Bonchev–Trinajstić information content (AvgIpc) is 3.45. The fourth-order valence-corrected chi connectivity index (χ4v) is 3.87. The first-order valence-electron chi connectivity index (χ1n) is 9.49. The molecule has 2 aromatic carbocycles. The highest BCUT2D eigenvalue weighted by Gasteiger charge is 2.36. The number of ether oxygens (including phenoxy) is 1. The Labute approximate surface area is 166 Å². The van der Waals surface area contributed by atoms with E-state index in [1.165, 1.54) is 0 Å². The maximum absolute atomic E-state index is 12.5. The number of imide groups is 1. The molecule has 1 fully saturated rings. The average molecular weight is 385 g/mol. The molecule has 2 amide bonds. The Balaban J connectivity index is 1.58. The van der Waals surface area contributed by atoms with Crippen molar-refractivity contribution in [3.05, 3.63) is 78.0 Å². The maximum atomic E-state index is 12.5. The molecule has 0 saturated carbocycles. The van der Waals surface area contributed by atoms with Crippen LogP contribution in [0.5, 0.6) is 5.75 Å². The second kappa shape index (κ2) is 6.98. The largest absolute Gasteiger partial charge is 0.489 e. The minimum Gasteiger partial charge on any atom is -0.489 e. The quantitative estimate of drug-likeness (QED) is 0.456. The highest BCUT2D eigenvalue weighted by Crippen LogP contribution is 2.39. The van der Waals surface area contributed by atoms with Crippen molar-refractivity contribution >= 4 is 22.7 Å². The van der Waals surface area contributed by atoms with Crippen LogP contribution >= 0.6 is 0 Å². The van der Waals surface area contributed by atoms with Crippen molar-refractivity contribution in [1.29, 1.82) is 0 Å². The summed E-state index contributed by atoms with van der Waals surface area (Å²) < 4.78 is 5.98. The van der Waals surface area contributed by atoms with Gasteiger partial charge < -0.3 is 14.7 Å². The van der Waals surface area contributed by atoms with Gasteiger partial charge in [-0.25, -0.2) is 0 Å². The smallest absolute Gasteiger partial charge is 0.234 e. The summed E-state index contributed by atoms with van der Waals surface area (Å²) in [5, 5.41) is 3.30. The fraction of sp³-hybridized carbons (Fsp3) is 0.130. The van der Waals surface area contributed by atoms with E-state index >= 15 is 0 Å². The Morgan fingerprint density at radius 1 is 1.00 bits per heavy atom. The molecule has 6 heteroatoms. The van der Waals surface area contributed by atoms with Crippen LogP contribution in [0.3, 0.4) is 0 Å². The lowest BCUT2D eigenvalue weighted by Crippen LogP contribution is -2.21. The number of H-pyrrole nitrogens is 2. The molecule has 29 heavy (non-hydrogen) atoms. The third-order valence-electron chi connectivity index (χ3n) is 5.24. The van der Waals surface area contributed by atoms with Gasteiger partial charge >= 0.3 is 0 Å². The molecule has 1 aliphatic heterocycles. The Hall–Kier alpha value is -3.80. The topological polar surface area (TPSA) is 87.0 Å². The van der Waals surface area contributed by atoms with Crippen LogP contribution in [0, 0.1) is 0 Å². The van der Waals surface area contributed by atoms with Gasteiger partial charge in [-0.15, -0.1) is 0 Å². The van der Waals surface area contributed by atoms with Crippen LogP contribution < -0.4 is 10.1 Å². The molecule has 0 bridgehead atoms. The van der Waals surface area contributed by atoms with E-state index in [1.807, 2.05) is 66.9 Å². The van der Waals surface area contributed by atoms with E-state index < -0.39 is 5.92 Å². The van der Waals surface area contributed by atoms with Crippen LogP contribution in [-0.4, -0.2) is 21.8 Å². The van der Waals surface area contributed by atoms with E-state index in [1.54, 1.807) is 0 Å². The van der Waals surface area contributed by atoms with Gasteiger partial charge in [0.05, 0.1) is 17.3 Å². The molecule has 1 saturated heterocycles. The van der Waals surface area contributed by atoms with Crippen LogP contribution in [0.2, 0.25) is 0 Å². The number of hydrogen-bond donors (Lipinski definition) is 3. The van der Waals surface area contributed by atoms with Gasteiger partial charge in [-0.1, -0.05) is 30.3 Å². The van der Waals surface area contributed by atoms with E-state index in [9.17, 15) is 9.59 Å². The van der Waals surface area contributed by atoms with Crippen molar-refractivity contribution in [2.24, 2.45) is 0 Å². The first-order chi connectivity index (χ1) is 14.2. The highest BCUT2D eigenvalue weighted by molar-refractivity contribution is 6.09. The predicted molar refractivity (Wildman–Crippen MR) is 109 cm³/mol. The maximum Gasteiger partial charge on any atom is 0.234 e. The van der Waals surface area contributed by atoms with Crippen LogP contribution in [0.4, 0.5) is 0 Å². The number of hydrogen-bond acceptors (Lipinski definition) is 3. The van der Waals surface area contributed by atoms with Crippen molar-refractivity contribution in [1.82, 2.24) is 15.3 Å². The van der Waals surface area contributed by atoms with Crippen LogP contribution in [0.15, 0.2) is 66.9 Å². The number of benzene rings is 2. The molecule has 0 radical (unpaired) electrons. The van der Waals surface area contributed by atoms with Gasteiger partial charge in [-0.2, -0.15) is 0 Å². The first kappa shape index (κ1) is 17.3. The summed E-state index contributed by atoms with van der Waals surface area (Å²) in [5.41, 5.74) is 4.48. The zero-order valence-electron chi connectivity index (χ0n) is 15.6. The first-order valence-corrected chi connectivity index (χ1v) is 9.49. The van der Waals surface area contributed by atoms with E-state index in [-0.39, 0.29) is 18.2 Å². The number of carbonyl (C=O) groups is 2. The van der Waals surface area contributed by atoms with Crippen molar-refractivity contribution < 1.29 is 14.3 Å². The molecule has 0 aliphatic carbocycles. The van der Waals surface area contributed by atoms with Gasteiger partial charge in [0.15, 0.2) is 0 Å². The molecular weight excluding hydrogens is 366 g/mol. The van der Waals surface area contributed by atoms with Crippen LogP contribution in [-0.2, 0) is 16.2 Å². The normalized spacial score (nSPS) is 16.3. The minimum absolute atomic E-state index is 0.147. The van der Waals surface area contributed by atoms with Gasteiger partial charge in [0, 0.05) is 29.1 Å². The van der Waals surface area contributed by atoms with Gasteiger partial charge in [-0.3, -0.25) is 14.9 Å². The van der Waals surface area contributed by atoms with Crippen LogP contribution in [0.1, 0.15) is 23.5 Å². The van der Waals surface area contributed by atoms with Gasteiger partial charge in [0.1, 0.15) is 12.4 Å². The van der Waals surface area contributed by atoms with Crippen molar-refractivity contribution in [3.63, 3.8) is 0 Å². The third-order valence-corrected chi connectivity index (χ3v) is 5.24. The summed E-state index contributed by atoms with van der Waals surface area (Å²) in [5.74, 6) is -0.328. The van der Waals surface area contributed by atoms with E-state index in [0.29, 0.717) is 12.4 Å². The molecule has 2 aromatic heterocycles. The molecule has 1 aliphatic rings. The summed E-state index contributed by atoms with van der Waals surface area (Å²) >= 11 is 0. The summed E-state index contributed by atoms with van der Waals surface area (Å²) in [6.45, 7) is 0.456. The lowest BCUT2D eigenvalue weighted by molar-refractivity contribution is -0.125. The Bertz CT molecular complexity index is 1190. The molecular formula is C23H19N3O3. The lowest BCUT2D eigenvalue weighted by atomic mass is 9.93. The Morgan fingerprint density at radius 3 is 2.59 bits per heavy atom. The number of aromatic amines is 2. The zero-order valence-corrected chi connectivity index (χ0v) is 15.6. The number of nitrogens with one attached hydrogen (secondary N) is 3.